The van der Waals surface area contributed by atoms with Crippen LogP contribution in [-0.4, -0.2) is 40.9 Å². The maximum atomic E-state index is 11.8. The van der Waals surface area contributed by atoms with Gasteiger partial charge in [-0.05, 0) is 68.7 Å². The molecule has 9 heteroatoms. The number of nitrogens with zero attached hydrogens (tertiary/aromatic N) is 3. The lowest BCUT2D eigenvalue weighted by Crippen LogP contribution is -2.38. The van der Waals surface area contributed by atoms with Crippen LogP contribution in [0, 0.1) is 0 Å². The summed E-state index contributed by atoms with van der Waals surface area (Å²) in [6.45, 7) is 8.02. The third kappa shape index (κ3) is 9.05. The van der Waals surface area contributed by atoms with Crippen LogP contribution in [0.4, 0.5) is 10.5 Å². The molecule has 0 aliphatic carbocycles. The summed E-state index contributed by atoms with van der Waals surface area (Å²) in [5, 5.41) is 16.6. The molecule has 2 amide bonds. The van der Waals surface area contributed by atoms with Gasteiger partial charge in [0.2, 0.25) is 0 Å². The van der Waals surface area contributed by atoms with Crippen molar-refractivity contribution in [3.05, 3.63) is 78.1 Å². The maximum absolute atomic E-state index is 11.8. The molecule has 0 fully saturated rings. The van der Waals surface area contributed by atoms with E-state index in [0.29, 0.717) is 6.54 Å². The van der Waals surface area contributed by atoms with E-state index < -0.39 is 0 Å². The number of guanidine groups is 1. The molecule has 3 aromatic rings. The highest BCUT2D eigenvalue weighted by atomic mass is 127. The van der Waals surface area contributed by atoms with Crippen LogP contribution in [0.25, 0.3) is 5.69 Å². The summed E-state index contributed by atoms with van der Waals surface area (Å²) in [4.78, 5) is 16.5. The largest absolute Gasteiger partial charge is 0.357 e. The van der Waals surface area contributed by atoms with Crippen LogP contribution in [0.5, 0.6) is 0 Å². The van der Waals surface area contributed by atoms with Gasteiger partial charge in [-0.25, -0.2) is 14.5 Å². The van der Waals surface area contributed by atoms with Crippen molar-refractivity contribution < 1.29 is 4.79 Å². The molecule has 1 aromatic heterocycles. The minimum atomic E-state index is -0.203. The predicted octanol–water partition coefficient (Wildman–Crippen LogP) is 4.32. The molecule has 0 spiro atoms. The topological polar surface area (TPSA) is 95.4 Å². The molecule has 1 heterocycles. The smallest absolute Gasteiger partial charge is 0.319 e. The summed E-state index contributed by atoms with van der Waals surface area (Å²) < 4.78 is 1.85. The Hall–Kier alpha value is -3.08. The number of urea groups is 1. The number of benzene rings is 2. The number of anilines is 1. The van der Waals surface area contributed by atoms with Crippen molar-refractivity contribution in [2.45, 2.75) is 39.8 Å². The van der Waals surface area contributed by atoms with E-state index in [1.165, 1.54) is 5.56 Å². The van der Waals surface area contributed by atoms with E-state index in [1.54, 1.807) is 6.20 Å². The average molecular weight is 575 g/mol. The molecular formula is C25H34IN7O. The Labute approximate surface area is 218 Å². The molecule has 0 unspecified atom stereocenters. The number of rotatable bonds is 9. The van der Waals surface area contributed by atoms with Crippen molar-refractivity contribution in [3.8, 4) is 5.69 Å². The van der Waals surface area contributed by atoms with Crippen LogP contribution in [-0.2, 0) is 13.0 Å². The molecule has 3 rings (SSSR count). The number of nitrogens with one attached hydrogen (secondary N) is 4. The predicted molar refractivity (Wildman–Crippen MR) is 149 cm³/mol. The molecule has 2 aromatic carbocycles. The molecule has 0 aliphatic rings. The van der Waals surface area contributed by atoms with Gasteiger partial charge < -0.3 is 21.3 Å². The number of halogens is 1. The molecule has 0 atom stereocenters. The second-order valence-corrected chi connectivity index (χ2v) is 7.94. The Morgan fingerprint density at radius 3 is 2.35 bits per heavy atom. The fourth-order valence-electron chi connectivity index (χ4n) is 3.20. The van der Waals surface area contributed by atoms with E-state index >= 15 is 0 Å². The second-order valence-electron chi connectivity index (χ2n) is 7.94. The van der Waals surface area contributed by atoms with Crippen molar-refractivity contribution in [2.24, 2.45) is 4.99 Å². The monoisotopic (exact) mass is 575 g/mol. The molecule has 4 N–H and O–H groups in total. The lowest BCUT2D eigenvalue weighted by molar-refractivity contribution is 0.250. The van der Waals surface area contributed by atoms with Crippen LogP contribution < -0.4 is 21.3 Å². The van der Waals surface area contributed by atoms with E-state index in [0.717, 1.165) is 42.4 Å². The number of carbonyl (C=O) groups is 1. The Balaban J connectivity index is 0.00000408. The lowest BCUT2D eigenvalue weighted by Gasteiger charge is -2.12. The standard InChI is InChI=1S/C25H33N7O.HI/c1-4-26-24(27-16-14-20-8-12-23(13-9-20)32-17-5-15-29-32)28-18-21-6-10-22(11-7-21)31-25(33)30-19(2)3;/h5-13,15,17,19H,4,14,16,18H2,1-3H3,(H2,26,27,28)(H2,30,31,33);1H. The fraction of sp³-hybridized carbons (Fsp3) is 0.320. The Bertz CT molecular complexity index is 1020. The molecular weight excluding hydrogens is 541 g/mol. The second kappa shape index (κ2) is 14.2. The van der Waals surface area contributed by atoms with Crippen molar-refractivity contribution in [1.29, 1.82) is 0 Å². The van der Waals surface area contributed by atoms with Crippen molar-refractivity contribution in [3.63, 3.8) is 0 Å². The number of hydrogen-bond acceptors (Lipinski definition) is 3. The quantitative estimate of drug-likeness (QED) is 0.174. The molecule has 0 bridgehead atoms. The summed E-state index contributed by atoms with van der Waals surface area (Å²) in [5.74, 6) is 0.782. The number of aromatic nitrogens is 2. The van der Waals surface area contributed by atoms with Gasteiger partial charge in [0.05, 0.1) is 12.2 Å². The van der Waals surface area contributed by atoms with Crippen LogP contribution in [0.1, 0.15) is 31.9 Å². The zero-order valence-electron chi connectivity index (χ0n) is 19.9. The molecule has 8 nitrogen and oxygen atoms in total. The highest BCUT2D eigenvalue weighted by molar-refractivity contribution is 14.0. The van der Waals surface area contributed by atoms with Crippen molar-refractivity contribution in [2.75, 3.05) is 18.4 Å². The first-order valence-electron chi connectivity index (χ1n) is 11.3. The van der Waals surface area contributed by atoms with E-state index in [1.807, 2.05) is 62.0 Å². The zero-order chi connectivity index (χ0) is 23.5. The minimum Gasteiger partial charge on any atom is -0.357 e. The molecule has 0 radical (unpaired) electrons. The number of hydrogen-bond donors (Lipinski definition) is 4. The highest BCUT2D eigenvalue weighted by Gasteiger charge is 2.04. The lowest BCUT2D eigenvalue weighted by atomic mass is 10.1. The minimum absolute atomic E-state index is 0. The van der Waals surface area contributed by atoms with Crippen molar-refractivity contribution in [1.82, 2.24) is 25.7 Å². The van der Waals surface area contributed by atoms with E-state index in [2.05, 4.69) is 55.6 Å². The van der Waals surface area contributed by atoms with Gasteiger partial charge in [0.15, 0.2) is 5.96 Å². The normalized spacial score (nSPS) is 11.0. The van der Waals surface area contributed by atoms with Crippen LogP contribution in [0.3, 0.4) is 0 Å². The first-order chi connectivity index (χ1) is 16.0. The van der Waals surface area contributed by atoms with Gasteiger partial charge >= 0.3 is 6.03 Å². The van der Waals surface area contributed by atoms with Gasteiger partial charge in [-0.1, -0.05) is 24.3 Å². The summed E-state index contributed by atoms with van der Waals surface area (Å²) in [5.41, 5.74) is 4.12. The number of carbonyl (C=O) groups excluding carboxylic acids is 1. The van der Waals surface area contributed by atoms with Gasteiger partial charge in [0.25, 0.3) is 0 Å². The average Bonchev–Trinajstić information content (AvgIpc) is 3.33. The molecule has 0 saturated heterocycles. The van der Waals surface area contributed by atoms with E-state index in [-0.39, 0.29) is 36.0 Å². The molecule has 34 heavy (non-hydrogen) atoms. The van der Waals surface area contributed by atoms with E-state index in [9.17, 15) is 4.79 Å². The van der Waals surface area contributed by atoms with Crippen LogP contribution in [0.2, 0.25) is 0 Å². The fourth-order valence-corrected chi connectivity index (χ4v) is 3.20. The SMILES string of the molecule is CCNC(=NCc1ccc(NC(=O)NC(C)C)cc1)NCCc1ccc(-n2cccn2)cc1.I. The van der Waals surface area contributed by atoms with Crippen LogP contribution >= 0.6 is 24.0 Å². The maximum Gasteiger partial charge on any atom is 0.319 e. The number of amides is 2. The molecule has 0 aliphatic heterocycles. The Morgan fingerprint density at radius 1 is 1.03 bits per heavy atom. The van der Waals surface area contributed by atoms with Crippen LogP contribution in [0.15, 0.2) is 72.0 Å². The van der Waals surface area contributed by atoms with Gasteiger partial charge in [-0.2, -0.15) is 5.10 Å². The van der Waals surface area contributed by atoms with Gasteiger partial charge in [-0.15, -0.1) is 24.0 Å². The molecule has 0 saturated carbocycles. The van der Waals surface area contributed by atoms with Gasteiger partial charge in [0, 0.05) is 37.2 Å². The summed E-state index contributed by atoms with van der Waals surface area (Å²) in [7, 11) is 0. The first kappa shape index (κ1) is 27.2. The van der Waals surface area contributed by atoms with Crippen molar-refractivity contribution >= 4 is 41.7 Å². The van der Waals surface area contributed by atoms with Gasteiger partial charge in [0.1, 0.15) is 0 Å². The summed E-state index contributed by atoms with van der Waals surface area (Å²) >= 11 is 0. The Morgan fingerprint density at radius 2 is 1.74 bits per heavy atom. The Kier molecular flexibility index (Phi) is 11.4. The summed E-state index contributed by atoms with van der Waals surface area (Å²) in [6, 6.07) is 17.9. The third-order valence-corrected chi connectivity index (χ3v) is 4.81. The number of aliphatic imine (C=N–C) groups is 1. The third-order valence-electron chi connectivity index (χ3n) is 4.81. The molecule has 182 valence electrons. The van der Waals surface area contributed by atoms with E-state index in [4.69, 9.17) is 0 Å². The summed E-state index contributed by atoms with van der Waals surface area (Å²) in [6.07, 6.45) is 4.60. The van der Waals surface area contributed by atoms with Gasteiger partial charge in [-0.3, -0.25) is 0 Å². The highest BCUT2D eigenvalue weighted by Crippen LogP contribution is 2.11. The first-order valence-corrected chi connectivity index (χ1v) is 11.3. The zero-order valence-corrected chi connectivity index (χ0v) is 22.2.